The fraction of sp³-hybridized carbons (Fsp3) is 0.278. The van der Waals surface area contributed by atoms with E-state index in [1.165, 1.54) is 12.3 Å². The van der Waals surface area contributed by atoms with Gasteiger partial charge in [0.1, 0.15) is 12.6 Å². The quantitative estimate of drug-likeness (QED) is 0.834. The Bertz CT molecular complexity index is 1010. The topological polar surface area (TPSA) is 111 Å². The van der Waals surface area contributed by atoms with Crippen LogP contribution in [-0.2, 0) is 11.3 Å². The molecule has 0 saturated heterocycles. The number of aromatic nitrogens is 2. The molecule has 2 heterocycles. The van der Waals surface area contributed by atoms with E-state index in [1.807, 2.05) is 6.07 Å². The van der Waals surface area contributed by atoms with Crippen molar-refractivity contribution < 1.29 is 21.2 Å². The second-order valence-electron chi connectivity index (χ2n) is 6.30. The molecule has 1 aliphatic rings. The van der Waals surface area contributed by atoms with Crippen LogP contribution in [0.3, 0.4) is 0 Å². The molecule has 3 amide bonds. The van der Waals surface area contributed by atoms with E-state index in [4.69, 9.17) is 5.26 Å². The number of benzene rings is 1. The molecule has 0 saturated carbocycles. The maximum atomic E-state index is 14.0. The molecule has 1 aromatic heterocycles. The van der Waals surface area contributed by atoms with Gasteiger partial charge in [0.2, 0.25) is 5.91 Å². The van der Waals surface area contributed by atoms with Crippen LogP contribution in [-0.4, -0.2) is 33.4 Å². The molecule has 148 valence electrons. The van der Waals surface area contributed by atoms with E-state index >= 15 is 0 Å². The second kappa shape index (κ2) is 7.56. The van der Waals surface area contributed by atoms with Crippen molar-refractivity contribution in [1.29, 1.82) is 5.26 Å². The van der Waals surface area contributed by atoms with Gasteiger partial charge in [0, 0.05) is 8.42 Å². The number of aryl methyl sites for hydroxylation is 1. The van der Waals surface area contributed by atoms with Gasteiger partial charge in [-0.3, -0.25) is 9.78 Å². The molecule has 0 aliphatic carbocycles. The molecule has 0 spiro atoms. The standard InChI is InChI=1S/C18H16F2N6O2.2H2/c1-9-14(5-21)22-6-15(23-9)10(2)24-16(27)8-26-7-11-13(25-18(26)28)4-3-12(19)17(11)20;;/h3-4,6,10H,7-8H2,1-2H3,(H,24,27)(H,25,28);2*1H/t10-;;/m0../s1. The predicted octanol–water partition coefficient (Wildman–Crippen LogP) is 2.65. The van der Waals surface area contributed by atoms with Crippen LogP contribution in [0.4, 0.5) is 19.3 Å². The largest absolute Gasteiger partial charge is 0.346 e. The van der Waals surface area contributed by atoms with Crippen LogP contribution in [0, 0.1) is 29.9 Å². The zero-order valence-electron chi connectivity index (χ0n) is 15.1. The predicted molar refractivity (Wildman–Crippen MR) is 98.1 cm³/mol. The first-order valence-corrected chi connectivity index (χ1v) is 8.36. The summed E-state index contributed by atoms with van der Waals surface area (Å²) < 4.78 is 27.4. The number of anilines is 1. The van der Waals surface area contributed by atoms with Crippen molar-refractivity contribution in [3.8, 4) is 6.07 Å². The highest BCUT2D eigenvalue weighted by Gasteiger charge is 2.28. The number of nitrogens with one attached hydrogen (secondary N) is 2. The van der Waals surface area contributed by atoms with Crippen molar-refractivity contribution in [2.75, 3.05) is 11.9 Å². The molecule has 3 rings (SSSR count). The summed E-state index contributed by atoms with van der Waals surface area (Å²) in [6.07, 6.45) is 1.39. The first-order chi connectivity index (χ1) is 13.3. The summed E-state index contributed by atoms with van der Waals surface area (Å²) in [5.74, 6) is -2.59. The molecule has 28 heavy (non-hydrogen) atoms. The normalized spacial score (nSPS) is 14.0. The molecule has 1 atom stereocenters. The number of hydrogen-bond acceptors (Lipinski definition) is 5. The summed E-state index contributed by atoms with van der Waals surface area (Å²) in [5.41, 5.74) is 1.24. The van der Waals surface area contributed by atoms with Crippen molar-refractivity contribution in [2.24, 2.45) is 0 Å². The molecule has 0 unspecified atom stereocenters. The van der Waals surface area contributed by atoms with Gasteiger partial charge in [0.05, 0.1) is 35.9 Å². The maximum absolute atomic E-state index is 14.0. The fourth-order valence-corrected chi connectivity index (χ4v) is 2.80. The third-order valence-corrected chi connectivity index (χ3v) is 4.30. The van der Waals surface area contributed by atoms with Gasteiger partial charge in [0.15, 0.2) is 17.3 Å². The molecule has 2 aromatic rings. The Kier molecular flexibility index (Phi) is 5.17. The minimum Gasteiger partial charge on any atom is -0.346 e. The Hall–Kier alpha value is -3.61. The Morgan fingerprint density at radius 1 is 1.50 bits per heavy atom. The van der Waals surface area contributed by atoms with E-state index in [-0.39, 0.29) is 32.9 Å². The van der Waals surface area contributed by atoms with E-state index in [2.05, 4.69) is 20.6 Å². The number of hydrogen-bond donors (Lipinski definition) is 2. The summed E-state index contributed by atoms with van der Waals surface area (Å²) in [4.78, 5) is 33.7. The highest BCUT2D eigenvalue weighted by molar-refractivity contribution is 5.94. The van der Waals surface area contributed by atoms with Crippen LogP contribution < -0.4 is 10.6 Å². The van der Waals surface area contributed by atoms with E-state index in [0.29, 0.717) is 11.4 Å². The van der Waals surface area contributed by atoms with Crippen molar-refractivity contribution in [1.82, 2.24) is 20.2 Å². The Labute approximate surface area is 162 Å². The number of fused-ring (bicyclic) bond motifs is 1. The van der Waals surface area contributed by atoms with Crippen LogP contribution in [0.2, 0.25) is 0 Å². The molecule has 2 N–H and O–H groups in total. The Morgan fingerprint density at radius 2 is 2.25 bits per heavy atom. The van der Waals surface area contributed by atoms with Gasteiger partial charge < -0.3 is 15.5 Å². The average molecular weight is 390 g/mol. The van der Waals surface area contributed by atoms with E-state index in [1.54, 1.807) is 13.8 Å². The number of halogens is 2. The van der Waals surface area contributed by atoms with Gasteiger partial charge in [-0.2, -0.15) is 5.26 Å². The number of rotatable bonds is 4. The first-order valence-electron chi connectivity index (χ1n) is 8.36. The third-order valence-electron chi connectivity index (χ3n) is 4.30. The van der Waals surface area contributed by atoms with Gasteiger partial charge >= 0.3 is 6.03 Å². The molecule has 1 aromatic carbocycles. The second-order valence-corrected chi connectivity index (χ2v) is 6.30. The number of carbonyl (C=O) groups is 2. The van der Waals surface area contributed by atoms with Gasteiger partial charge in [-0.1, -0.05) is 0 Å². The summed E-state index contributed by atoms with van der Waals surface area (Å²) in [5, 5.41) is 14.0. The van der Waals surface area contributed by atoms with E-state index < -0.39 is 29.6 Å². The number of amides is 3. The highest BCUT2D eigenvalue weighted by Crippen LogP contribution is 2.27. The Balaban J connectivity index is 0.00000225. The molecular formula is C18H20F2N6O2. The highest BCUT2D eigenvalue weighted by atomic mass is 19.2. The lowest BCUT2D eigenvalue weighted by atomic mass is 10.1. The number of carbonyl (C=O) groups excluding carboxylic acids is 2. The lowest BCUT2D eigenvalue weighted by molar-refractivity contribution is -0.122. The first kappa shape index (κ1) is 19.2. The van der Waals surface area contributed by atoms with Gasteiger partial charge in [0.25, 0.3) is 0 Å². The Morgan fingerprint density at radius 3 is 2.93 bits per heavy atom. The minimum atomic E-state index is -1.06. The maximum Gasteiger partial charge on any atom is 0.322 e. The molecular weight excluding hydrogens is 370 g/mol. The molecule has 0 fully saturated rings. The van der Waals surface area contributed by atoms with Crippen LogP contribution >= 0.6 is 0 Å². The van der Waals surface area contributed by atoms with Crippen molar-refractivity contribution >= 4 is 17.6 Å². The average Bonchev–Trinajstić information content (AvgIpc) is 2.66. The van der Waals surface area contributed by atoms with Crippen molar-refractivity contribution in [2.45, 2.75) is 26.4 Å². The molecule has 0 radical (unpaired) electrons. The van der Waals surface area contributed by atoms with Gasteiger partial charge in [-0.25, -0.2) is 18.6 Å². The van der Waals surface area contributed by atoms with Crippen LogP contribution in [0.5, 0.6) is 0 Å². The number of nitrogens with zero attached hydrogens (tertiary/aromatic N) is 4. The van der Waals surface area contributed by atoms with Crippen molar-refractivity contribution in [3.63, 3.8) is 0 Å². The van der Waals surface area contributed by atoms with Crippen molar-refractivity contribution in [3.05, 3.63) is 52.6 Å². The molecule has 0 bridgehead atoms. The third kappa shape index (κ3) is 3.73. The lowest BCUT2D eigenvalue weighted by Crippen LogP contribution is -2.45. The number of nitriles is 1. The van der Waals surface area contributed by atoms with E-state index in [9.17, 15) is 18.4 Å². The zero-order valence-corrected chi connectivity index (χ0v) is 15.1. The van der Waals surface area contributed by atoms with Crippen LogP contribution in [0.15, 0.2) is 18.3 Å². The summed E-state index contributed by atoms with van der Waals surface area (Å²) >= 11 is 0. The molecule has 1 aliphatic heterocycles. The van der Waals surface area contributed by atoms with Gasteiger partial charge in [-0.05, 0) is 26.0 Å². The summed E-state index contributed by atoms with van der Waals surface area (Å²) in [6.45, 7) is 2.72. The molecule has 8 nitrogen and oxygen atoms in total. The van der Waals surface area contributed by atoms with E-state index in [0.717, 1.165) is 11.0 Å². The minimum absolute atomic E-state index is 0. The molecule has 10 heteroatoms. The summed E-state index contributed by atoms with van der Waals surface area (Å²) in [7, 11) is 0. The van der Waals surface area contributed by atoms with Gasteiger partial charge in [-0.15, -0.1) is 0 Å². The number of urea groups is 1. The lowest BCUT2D eigenvalue weighted by Gasteiger charge is -2.29. The van der Waals surface area contributed by atoms with Crippen LogP contribution in [0.25, 0.3) is 0 Å². The smallest absolute Gasteiger partial charge is 0.322 e. The zero-order chi connectivity index (χ0) is 20.4. The fourth-order valence-electron chi connectivity index (χ4n) is 2.80. The van der Waals surface area contributed by atoms with Crippen LogP contribution in [0.1, 0.15) is 38.5 Å². The summed E-state index contributed by atoms with van der Waals surface area (Å²) in [6, 6.07) is 3.00. The SMILES string of the molecule is Cc1nc([C@H](C)NC(=O)CN2Cc3c(ccc(F)c3F)NC2=O)cnc1C#N.[HH].[HH]. The monoisotopic (exact) mass is 390 g/mol.